The summed E-state index contributed by atoms with van der Waals surface area (Å²) in [6.07, 6.45) is 1.05. The van der Waals surface area contributed by atoms with Gasteiger partial charge in [-0.05, 0) is 41.8 Å². The molecule has 2 rings (SSSR count). The maximum atomic E-state index is 5.71. The number of thioether (sulfide) groups is 1. The molecule has 1 unspecified atom stereocenters. The molecule has 0 amide bonds. The molecular formula is C16H19BrN2S. The van der Waals surface area contributed by atoms with Crippen molar-refractivity contribution in [3.05, 3.63) is 64.1 Å². The van der Waals surface area contributed by atoms with Gasteiger partial charge in [0.15, 0.2) is 0 Å². The van der Waals surface area contributed by atoms with Crippen LogP contribution >= 0.6 is 27.7 Å². The number of hydrogen-bond donors (Lipinski definition) is 2. The van der Waals surface area contributed by atoms with Crippen molar-refractivity contribution in [1.82, 2.24) is 5.43 Å². The Bertz CT molecular complexity index is 542. The molecule has 0 heterocycles. The molecule has 2 aromatic carbocycles. The van der Waals surface area contributed by atoms with E-state index in [1.54, 1.807) is 11.8 Å². The molecule has 0 aliphatic rings. The quantitative estimate of drug-likeness (QED) is 0.463. The Kier molecular flexibility index (Phi) is 6.10. The van der Waals surface area contributed by atoms with Crippen LogP contribution in [0.4, 0.5) is 0 Å². The van der Waals surface area contributed by atoms with Gasteiger partial charge < -0.3 is 0 Å². The number of hydrogen-bond acceptors (Lipinski definition) is 3. The van der Waals surface area contributed by atoms with E-state index in [0.29, 0.717) is 0 Å². The van der Waals surface area contributed by atoms with Gasteiger partial charge >= 0.3 is 0 Å². The molecule has 0 saturated heterocycles. The molecule has 1 atom stereocenters. The molecule has 0 aliphatic heterocycles. The van der Waals surface area contributed by atoms with Gasteiger partial charge in [0.05, 0.1) is 6.04 Å². The van der Waals surface area contributed by atoms with Crippen LogP contribution in [0.15, 0.2) is 57.9 Å². The van der Waals surface area contributed by atoms with Crippen molar-refractivity contribution in [1.29, 1.82) is 0 Å². The molecule has 2 nitrogen and oxygen atoms in total. The second-order valence-corrected chi connectivity index (χ2v) is 6.59. The second kappa shape index (κ2) is 7.84. The van der Waals surface area contributed by atoms with E-state index in [9.17, 15) is 0 Å². The van der Waals surface area contributed by atoms with Crippen LogP contribution in [0.25, 0.3) is 0 Å². The Morgan fingerprint density at radius 2 is 1.95 bits per heavy atom. The van der Waals surface area contributed by atoms with Crippen LogP contribution in [-0.2, 0) is 6.42 Å². The van der Waals surface area contributed by atoms with Crippen molar-refractivity contribution in [2.45, 2.75) is 24.3 Å². The standard InChI is InChI=1S/C16H19BrN2S/c1-2-12-4-3-5-13(10-12)16(19-18)11-20-15-8-6-14(17)7-9-15/h3-10,16,19H,2,11,18H2,1H3. The first kappa shape index (κ1) is 15.6. The second-order valence-electron chi connectivity index (χ2n) is 4.58. The van der Waals surface area contributed by atoms with Crippen LogP contribution in [-0.4, -0.2) is 5.75 Å². The van der Waals surface area contributed by atoms with Crippen molar-refractivity contribution in [2.75, 3.05) is 5.75 Å². The van der Waals surface area contributed by atoms with Gasteiger partial charge in [0.2, 0.25) is 0 Å². The zero-order valence-corrected chi connectivity index (χ0v) is 13.9. The molecule has 0 aromatic heterocycles. The summed E-state index contributed by atoms with van der Waals surface area (Å²) in [5.74, 6) is 6.62. The molecule has 2 aromatic rings. The number of nitrogens with two attached hydrogens (primary N) is 1. The Labute approximate surface area is 133 Å². The smallest absolute Gasteiger partial charge is 0.0554 e. The highest BCUT2D eigenvalue weighted by Crippen LogP contribution is 2.26. The summed E-state index contributed by atoms with van der Waals surface area (Å²) in [5.41, 5.74) is 5.51. The van der Waals surface area contributed by atoms with E-state index in [1.165, 1.54) is 16.0 Å². The average Bonchev–Trinajstić information content (AvgIpc) is 2.50. The molecule has 0 radical (unpaired) electrons. The van der Waals surface area contributed by atoms with Crippen molar-refractivity contribution < 1.29 is 0 Å². The van der Waals surface area contributed by atoms with E-state index in [4.69, 9.17) is 5.84 Å². The van der Waals surface area contributed by atoms with Crippen LogP contribution in [0.3, 0.4) is 0 Å². The van der Waals surface area contributed by atoms with Gasteiger partial charge in [-0.1, -0.05) is 47.1 Å². The van der Waals surface area contributed by atoms with E-state index in [0.717, 1.165) is 16.6 Å². The monoisotopic (exact) mass is 350 g/mol. The van der Waals surface area contributed by atoms with E-state index in [-0.39, 0.29) is 6.04 Å². The summed E-state index contributed by atoms with van der Waals surface area (Å²) in [5, 5.41) is 0. The molecule has 0 fully saturated rings. The van der Waals surface area contributed by atoms with Gasteiger partial charge in [-0.15, -0.1) is 11.8 Å². The fourth-order valence-electron chi connectivity index (χ4n) is 1.98. The van der Waals surface area contributed by atoms with Crippen LogP contribution in [0.5, 0.6) is 0 Å². The van der Waals surface area contributed by atoms with E-state index in [2.05, 4.69) is 76.8 Å². The summed E-state index contributed by atoms with van der Waals surface area (Å²) in [6.45, 7) is 2.17. The number of aryl methyl sites for hydroxylation is 1. The van der Waals surface area contributed by atoms with E-state index >= 15 is 0 Å². The van der Waals surface area contributed by atoms with Gasteiger partial charge in [-0.25, -0.2) is 0 Å². The minimum atomic E-state index is 0.162. The lowest BCUT2D eigenvalue weighted by molar-refractivity contribution is 0.610. The Hall–Kier alpha value is -0.810. The maximum Gasteiger partial charge on any atom is 0.0554 e. The molecule has 0 saturated carbocycles. The molecule has 4 heteroatoms. The first-order valence-corrected chi connectivity index (χ1v) is 8.44. The zero-order valence-electron chi connectivity index (χ0n) is 11.5. The summed E-state index contributed by atoms with van der Waals surface area (Å²) < 4.78 is 1.10. The summed E-state index contributed by atoms with van der Waals surface area (Å²) in [6, 6.07) is 17.1. The fraction of sp³-hybridized carbons (Fsp3) is 0.250. The third kappa shape index (κ3) is 4.35. The van der Waals surface area contributed by atoms with Crippen molar-refractivity contribution in [3.8, 4) is 0 Å². The summed E-state index contributed by atoms with van der Waals surface area (Å²) >= 11 is 5.26. The Morgan fingerprint density at radius 3 is 2.60 bits per heavy atom. The molecule has 0 bridgehead atoms. The normalized spacial score (nSPS) is 12.3. The SMILES string of the molecule is CCc1cccc(C(CSc2ccc(Br)cc2)NN)c1. The highest BCUT2D eigenvalue weighted by Gasteiger charge is 2.10. The van der Waals surface area contributed by atoms with Crippen molar-refractivity contribution in [2.24, 2.45) is 5.84 Å². The lowest BCUT2D eigenvalue weighted by atomic mass is 10.0. The highest BCUT2D eigenvalue weighted by molar-refractivity contribution is 9.10. The van der Waals surface area contributed by atoms with Crippen LogP contribution in [0.2, 0.25) is 0 Å². The minimum absolute atomic E-state index is 0.162. The third-order valence-electron chi connectivity index (χ3n) is 3.19. The predicted molar refractivity (Wildman–Crippen MR) is 90.8 cm³/mol. The first-order chi connectivity index (χ1) is 9.72. The summed E-state index contributed by atoms with van der Waals surface area (Å²) in [4.78, 5) is 1.25. The number of benzene rings is 2. The molecule has 106 valence electrons. The van der Waals surface area contributed by atoms with Crippen LogP contribution in [0, 0.1) is 0 Å². The molecule has 3 N–H and O–H groups in total. The number of hydrazine groups is 1. The first-order valence-electron chi connectivity index (χ1n) is 6.66. The lowest BCUT2D eigenvalue weighted by Crippen LogP contribution is -2.29. The molecular weight excluding hydrogens is 332 g/mol. The van der Waals surface area contributed by atoms with Gasteiger partial charge in [-0.2, -0.15) is 0 Å². The average molecular weight is 351 g/mol. The van der Waals surface area contributed by atoms with E-state index < -0.39 is 0 Å². The highest BCUT2D eigenvalue weighted by atomic mass is 79.9. The summed E-state index contributed by atoms with van der Waals surface area (Å²) in [7, 11) is 0. The number of halogens is 1. The minimum Gasteiger partial charge on any atom is -0.271 e. The predicted octanol–water partition coefficient (Wildman–Crippen LogP) is 4.31. The van der Waals surface area contributed by atoms with Gasteiger partial charge in [0.25, 0.3) is 0 Å². The number of nitrogens with one attached hydrogen (secondary N) is 1. The largest absolute Gasteiger partial charge is 0.271 e. The van der Waals surface area contributed by atoms with Gasteiger partial charge in [0, 0.05) is 15.1 Å². The molecule has 0 spiro atoms. The van der Waals surface area contributed by atoms with Crippen LogP contribution < -0.4 is 11.3 Å². The number of rotatable bonds is 6. The van der Waals surface area contributed by atoms with Gasteiger partial charge in [-0.3, -0.25) is 11.3 Å². The third-order valence-corrected chi connectivity index (χ3v) is 4.83. The molecule has 20 heavy (non-hydrogen) atoms. The maximum absolute atomic E-state index is 5.71. The van der Waals surface area contributed by atoms with Crippen molar-refractivity contribution in [3.63, 3.8) is 0 Å². The lowest BCUT2D eigenvalue weighted by Gasteiger charge is -2.17. The Morgan fingerprint density at radius 1 is 1.20 bits per heavy atom. The van der Waals surface area contributed by atoms with E-state index in [1.807, 2.05) is 0 Å². The van der Waals surface area contributed by atoms with Crippen molar-refractivity contribution >= 4 is 27.7 Å². The topological polar surface area (TPSA) is 38.0 Å². The molecule has 0 aliphatic carbocycles. The zero-order chi connectivity index (χ0) is 14.4. The fourth-order valence-corrected chi connectivity index (χ4v) is 3.22. The Balaban J connectivity index is 2.03. The van der Waals surface area contributed by atoms with Gasteiger partial charge in [0.1, 0.15) is 0 Å². The van der Waals surface area contributed by atoms with Crippen LogP contribution in [0.1, 0.15) is 24.1 Å².